The highest BCUT2D eigenvalue weighted by Gasteiger charge is 2.45. The fourth-order valence-corrected chi connectivity index (χ4v) is 5.40. The van der Waals surface area contributed by atoms with E-state index in [1.807, 2.05) is 0 Å². The number of carbonyl (C=O) groups excluding carboxylic acids is 1. The Morgan fingerprint density at radius 3 is 2.52 bits per heavy atom. The SMILES string of the molecule is CC(=O)N1N=C(N)S[C@]1(C)CS(=O)(=O)c1ccc(Br)cc1. The molecule has 0 saturated carbocycles. The zero-order chi connectivity index (χ0) is 15.8. The number of nitrogens with two attached hydrogens (primary N) is 1. The maximum absolute atomic E-state index is 12.5. The average Bonchev–Trinajstić information content (AvgIpc) is 2.64. The van der Waals surface area contributed by atoms with Crippen LogP contribution in [0.25, 0.3) is 0 Å². The fraction of sp³-hybridized carbons (Fsp3) is 0.333. The van der Waals surface area contributed by atoms with Gasteiger partial charge in [0.15, 0.2) is 15.0 Å². The summed E-state index contributed by atoms with van der Waals surface area (Å²) in [7, 11) is -3.57. The van der Waals surface area contributed by atoms with Crippen LogP contribution >= 0.6 is 27.7 Å². The molecular weight excluding hydrogens is 378 g/mol. The molecule has 1 aromatic carbocycles. The van der Waals surface area contributed by atoms with Gasteiger partial charge in [-0.1, -0.05) is 27.7 Å². The highest BCUT2D eigenvalue weighted by molar-refractivity contribution is 9.10. The van der Waals surface area contributed by atoms with E-state index >= 15 is 0 Å². The summed E-state index contributed by atoms with van der Waals surface area (Å²) in [5.41, 5.74) is 5.63. The fourth-order valence-electron chi connectivity index (χ4n) is 2.07. The molecule has 1 atom stereocenters. The molecule has 114 valence electrons. The van der Waals surface area contributed by atoms with Crippen LogP contribution in [0.4, 0.5) is 0 Å². The third-order valence-electron chi connectivity index (χ3n) is 2.90. The molecule has 1 amide bonds. The van der Waals surface area contributed by atoms with Crippen molar-refractivity contribution in [1.82, 2.24) is 5.01 Å². The number of hydrazone groups is 1. The van der Waals surface area contributed by atoms with E-state index in [9.17, 15) is 13.2 Å². The molecule has 0 spiro atoms. The molecule has 0 aliphatic carbocycles. The third kappa shape index (κ3) is 3.41. The van der Waals surface area contributed by atoms with Crippen LogP contribution in [0.1, 0.15) is 13.8 Å². The molecular formula is C12H14BrN3O3S2. The number of benzene rings is 1. The number of rotatable bonds is 3. The van der Waals surface area contributed by atoms with Crippen LogP contribution in [-0.2, 0) is 14.6 Å². The van der Waals surface area contributed by atoms with Gasteiger partial charge in [-0.2, -0.15) is 0 Å². The molecule has 2 rings (SSSR count). The van der Waals surface area contributed by atoms with Crippen LogP contribution in [0.5, 0.6) is 0 Å². The van der Waals surface area contributed by atoms with Crippen LogP contribution in [0.2, 0.25) is 0 Å². The van der Waals surface area contributed by atoms with E-state index in [1.165, 1.54) is 19.1 Å². The summed E-state index contributed by atoms with van der Waals surface area (Å²) in [6.07, 6.45) is 0. The number of carbonyl (C=O) groups is 1. The van der Waals surface area contributed by atoms with Crippen molar-refractivity contribution < 1.29 is 13.2 Å². The molecule has 1 heterocycles. The van der Waals surface area contributed by atoms with Crippen molar-refractivity contribution in [3.05, 3.63) is 28.7 Å². The first-order valence-electron chi connectivity index (χ1n) is 5.96. The van der Waals surface area contributed by atoms with Crippen molar-refractivity contribution in [3.8, 4) is 0 Å². The van der Waals surface area contributed by atoms with E-state index in [0.717, 1.165) is 21.2 Å². The molecule has 0 saturated heterocycles. The molecule has 0 bridgehead atoms. The van der Waals surface area contributed by atoms with Gasteiger partial charge >= 0.3 is 0 Å². The lowest BCUT2D eigenvalue weighted by Crippen LogP contribution is -2.45. The van der Waals surface area contributed by atoms with Crippen LogP contribution in [-0.4, -0.2) is 35.1 Å². The van der Waals surface area contributed by atoms with Gasteiger partial charge in [-0.25, -0.2) is 13.4 Å². The summed E-state index contributed by atoms with van der Waals surface area (Å²) in [6.45, 7) is 2.96. The average molecular weight is 392 g/mol. The predicted molar refractivity (Wildman–Crippen MR) is 86.3 cm³/mol. The Kier molecular flexibility index (Phi) is 4.36. The smallest absolute Gasteiger partial charge is 0.240 e. The normalized spacial score (nSPS) is 22.2. The lowest BCUT2D eigenvalue weighted by Gasteiger charge is -2.30. The highest BCUT2D eigenvalue weighted by atomic mass is 79.9. The Morgan fingerprint density at radius 1 is 1.43 bits per heavy atom. The molecule has 0 radical (unpaired) electrons. The Balaban J connectivity index is 2.32. The topological polar surface area (TPSA) is 92.8 Å². The van der Waals surface area contributed by atoms with E-state index in [0.29, 0.717) is 0 Å². The molecule has 1 aliphatic rings. The van der Waals surface area contributed by atoms with Gasteiger partial charge in [-0.3, -0.25) is 4.79 Å². The third-order valence-corrected chi connectivity index (χ3v) is 6.59. The van der Waals surface area contributed by atoms with Crippen molar-refractivity contribution in [2.75, 3.05) is 5.75 Å². The van der Waals surface area contributed by atoms with E-state index in [2.05, 4.69) is 21.0 Å². The van der Waals surface area contributed by atoms with Crippen molar-refractivity contribution in [3.63, 3.8) is 0 Å². The lowest BCUT2D eigenvalue weighted by molar-refractivity contribution is -0.131. The maximum atomic E-state index is 12.5. The molecule has 6 nitrogen and oxygen atoms in total. The van der Waals surface area contributed by atoms with Gasteiger partial charge in [-0.15, -0.1) is 5.10 Å². The standard InChI is InChI=1S/C12H14BrN3O3S2/c1-8(17)16-12(2,20-11(14)15-16)7-21(18,19)10-5-3-9(13)4-6-10/h3-6H,7H2,1-2H3,(H2,14,15)/t12-/m1/s1. The van der Waals surface area contributed by atoms with Gasteiger partial charge in [0.05, 0.1) is 10.6 Å². The zero-order valence-corrected chi connectivity index (χ0v) is 14.6. The second kappa shape index (κ2) is 5.62. The number of nitrogens with zero attached hydrogens (tertiary/aromatic N) is 2. The number of amides is 1. The lowest BCUT2D eigenvalue weighted by atomic mass is 10.3. The summed E-state index contributed by atoms with van der Waals surface area (Å²) in [5, 5.41) is 5.21. The molecule has 21 heavy (non-hydrogen) atoms. The Bertz CT molecular complexity index is 703. The van der Waals surface area contributed by atoms with Crippen LogP contribution in [0, 0.1) is 0 Å². The van der Waals surface area contributed by atoms with Crippen LogP contribution in [0.3, 0.4) is 0 Å². The first-order valence-corrected chi connectivity index (χ1v) is 9.22. The Labute approximate surface area is 135 Å². The van der Waals surface area contributed by atoms with E-state index in [-0.39, 0.29) is 21.7 Å². The molecule has 2 N–H and O–H groups in total. The van der Waals surface area contributed by atoms with Gasteiger partial charge in [0.2, 0.25) is 5.91 Å². The van der Waals surface area contributed by atoms with Crippen molar-refractivity contribution in [1.29, 1.82) is 0 Å². The summed E-state index contributed by atoms with van der Waals surface area (Å²) in [4.78, 5) is 10.8. The van der Waals surface area contributed by atoms with E-state index < -0.39 is 14.7 Å². The Morgan fingerprint density at radius 2 is 2.00 bits per heavy atom. The summed E-state index contributed by atoms with van der Waals surface area (Å²) in [5.74, 6) is -0.618. The summed E-state index contributed by atoms with van der Waals surface area (Å²) >= 11 is 4.33. The number of hydrogen-bond acceptors (Lipinski definition) is 6. The van der Waals surface area contributed by atoms with E-state index in [1.54, 1.807) is 19.1 Å². The van der Waals surface area contributed by atoms with Gasteiger partial charge in [0.1, 0.15) is 4.87 Å². The van der Waals surface area contributed by atoms with Crippen molar-refractivity contribution in [2.24, 2.45) is 10.8 Å². The second-order valence-electron chi connectivity index (χ2n) is 4.76. The first kappa shape index (κ1) is 16.3. The first-order chi connectivity index (χ1) is 9.64. The molecule has 1 aliphatic heterocycles. The van der Waals surface area contributed by atoms with Gasteiger partial charge in [0.25, 0.3) is 0 Å². The van der Waals surface area contributed by atoms with Crippen LogP contribution in [0.15, 0.2) is 38.7 Å². The Hall–Kier alpha value is -1.06. The minimum Gasteiger partial charge on any atom is -0.377 e. The van der Waals surface area contributed by atoms with Gasteiger partial charge < -0.3 is 5.73 Å². The number of hydrogen-bond donors (Lipinski definition) is 1. The molecule has 0 fully saturated rings. The maximum Gasteiger partial charge on any atom is 0.240 e. The van der Waals surface area contributed by atoms with E-state index in [4.69, 9.17) is 5.73 Å². The molecule has 0 unspecified atom stereocenters. The predicted octanol–water partition coefficient (Wildman–Crippen LogP) is 1.76. The largest absolute Gasteiger partial charge is 0.377 e. The minimum absolute atomic E-state index is 0.179. The van der Waals surface area contributed by atoms with Gasteiger partial charge in [0, 0.05) is 11.4 Å². The quantitative estimate of drug-likeness (QED) is 0.846. The monoisotopic (exact) mass is 391 g/mol. The second-order valence-corrected chi connectivity index (χ2v) is 9.17. The van der Waals surface area contributed by atoms with Crippen molar-refractivity contribution >= 4 is 48.6 Å². The molecule has 0 aromatic heterocycles. The number of amidine groups is 1. The van der Waals surface area contributed by atoms with Crippen LogP contribution < -0.4 is 5.73 Å². The van der Waals surface area contributed by atoms with Crippen molar-refractivity contribution in [2.45, 2.75) is 23.6 Å². The molecule has 1 aromatic rings. The number of halogens is 1. The summed E-state index contributed by atoms with van der Waals surface area (Å²) < 4.78 is 25.8. The van der Waals surface area contributed by atoms with Gasteiger partial charge in [-0.05, 0) is 31.2 Å². The summed E-state index contributed by atoms with van der Waals surface area (Å²) in [6, 6.07) is 6.35. The number of sulfone groups is 1. The minimum atomic E-state index is -3.57. The zero-order valence-electron chi connectivity index (χ0n) is 11.4. The molecule has 9 heteroatoms. The highest BCUT2D eigenvalue weighted by Crippen LogP contribution is 2.38. The number of thioether (sulfide) groups is 1.